The van der Waals surface area contributed by atoms with Crippen LogP contribution in [0.15, 0.2) is 42.7 Å². The molecule has 0 spiro atoms. The number of aromatic nitrogens is 1. The number of hydrogen-bond donors (Lipinski definition) is 1. The van der Waals surface area contributed by atoms with Crippen molar-refractivity contribution in [3.63, 3.8) is 0 Å². The van der Waals surface area contributed by atoms with Gasteiger partial charge in [-0.2, -0.15) is 13.2 Å². The molecule has 1 aromatic heterocycles. The number of pyridine rings is 1. The Morgan fingerprint density at radius 3 is 2.50 bits per heavy atom. The summed E-state index contributed by atoms with van der Waals surface area (Å²) in [6.45, 7) is 3.94. The highest BCUT2D eigenvalue weighted by atomic mass is 19.4. The first kappa shape index (κ1) is 24.6. The molecule has 34 heavy (non-hydrogen) atoms. The van der Waals surface area contributed by atoms with Crippen molar-refractivity contribution >= 4 is 5.91 Å². The number of amides is 1. The maximum atomic E-state index is 13.2. The Kier molecular flexibility index (Phi) is 7.23. The van der Waals surface area contributed by atoms with Crippen LogP contribution in [0.1, 0.15) is 55.2 Å². The molecule has 1 amide bonds. The monoisotopic (exact) mass is 479 g/mol. The van der Waals surface area contributed by atoms with Crippen molar-refractivity contribution in [1.82, 2.24) is 15.2 Å². The minimum Gasteiger partial charge on any atom is -0.364 e. The quantitative estimate of drug-likeness (QED) is 0.634. The molecule has 1 aromatic carbocycles. The molecule has 2 aromatic rings. The molecule has 5 nitrogen and oxygen atoms in total. The van der Waals surface area contributed by atoms with Gasteiger partial charge in [0.2, 0.25) is 0 Å². The van der Waals surface area contributed by atoms with Crippen LogP contribution in [0.5, 0.6) is 0 Å². The number of carbonyl (C=O) groups excluding carboxylic acids is 1. The summed E-state index contributed by atoms with van der Waals surface area (Å²) in [5.74, 6) is -0.139. The summed E-state index contributed by atoms with van der Waals surface area (Å²) in [5.41, 5.74) is -0.408. The van der Waals surface area contributed by atoms with Crippen LogP contribution in [0, 0.1) is 5.82 Å². The summed E-state index contributed by atoms with van der Waals surface area (Å²) >= 11 is 0. The maximum absolute atomic E-state index is 13.2. The normalized spacial score (nSPS) is 24.7. The molecule has 2 atom stereocenters. The van der Waals surface area contributed by atoms with E-state index in [0.29, 0.717) is 18.9 Å². The van der Waals surface area contributed by atoms with E-state index in [9.17, 15) is 22.4 Å². The van der Waals surface area contributed by atoms with Crippen LogP contribution in [0.4, 0.5) is 17.6 Å². The predicted octanol–water partition coefficient (Wildman–Crippen LogP) is 4.67. The zero-order chi connectivity index (χ0) is 24.3. The SMILES string of the molecule is C[C@]1(C(=O)NCc2cncc(C(F)(F)F)c2)CC[C@@H](N2CCC(c3ccc(F)cc3)CC2)CO1. The number of piperidine rings is 1. The summed E-state index contributed by atoms with van der Waals surface area (Å²) in [7, 11) is 0. The smallest absolute Gasteiger partial charge is 0.364 e. The van der Waals surface area contributed by atoms with Gasteiger partial charge in [0.05, 0.1) is 12.2 Å². The third-order valence-electron chi connectivity index (χ3n) is 6.99. The van der Waals surface area contributed by atoms with Crippen LogP contribution in [-0.2, 0) is 22.3 Å². The largest absolute Gasteiger partial charge is 0.417 e. The first-order valence-corrected chi connectivity index (χ1v) is 11.6. The summed E-state index contributed by atoms with van der Waals surface area (Å²) in [6.07, 6.45) is 0.910. The number of alkyl halides is 3. The molecule has 184 valence electrons. The zero-order valence-corrected chi connectivity index (χ0v) is 19.1. The van der Waals surface area contributed by atoms with E-state index in [4.69, 9.17) is 4.74 Å². The molecule has 4 rings (SSSR count). The van der Waals surface area contributed by atoms with E-state index in [0.717, 1.165) is 44.6 Å². The summed E-state index contributed by atoms with van der Waals surface area (Å²) in [6, 6.07) is 7.95. The van der Waals surface area contributed by atoms with Gasteiger partial charge in [-0.05, 0) is 80.9 Å². The minimum absolute atomic E-state index is 0.0466. The van der Waals surface area contributed by atoms with Gasteiger partial charge in [-0.25, -0.2) is 4.39 Å². The van der Waals surface area contributed by atoms with E-state index >= 15 is 0 Å². The number of likely N-dealkylation sites (tertiary alicyclic amines) is 1. The van der Waals surface area contributed by atoms with Gasteiger partial charge in [0.25, 0.3) is 5.91 Å². The molecule has 2 fully saturated rings. The number of rotatable bonds is 5. The fraction of sp³-hybridized carbons (Fsp3) is 0.520. The third-order valence-corrected chi connectivity index (χ3v) is 6.99. The second kappa shape index (κ2) is 10.00. The Morgan fingerprint density at radius 2 is 1.88 bits per heavy atom. The molecule has 9 heteroatoms. The highest BCUT2D eigenvalue weighted by Gasteiger charge is 2.40. The van der Waals surface area contributed by atoms with Crippen LogP contribution in [0.2, 0.25) is 0 Å². The van der Waals surface area contributed by atoms with Gasteiger partial charge in [0.1, 0.15) is 11.4 Å². The standard InChI is InChI=1S/C25H29F4N3O2/c1-24(23(33)31-14-17-12-20(15-30-13-17)25(27,28)29)9-6-22(16-34-24)32-10-7-19(8-11-32)18-2-4-21(26)5-3-18/h2-5,12-13,15,19,22H,6-11,14,16H2,1H3,(H,31,33)/t22-,24-/m1/s1. The van der Waals surface area contributed by atoms with E-state index in [1.807, 2.05) is 12.1 Å². The van der Waals surface area contributed by atoms with Gasteiger partial charge in [-0.1, -0.05) is 12.1 Å². The van der Waals surface area contributed by atoms with Gasteiger partial charge < -0.3 is 10.1 Å². The highest BCUT2D eigenvalue weighted by Crippen LogP contribution is 2.33. The molecule has 2 saturated heterocycles. The van der Waals surface area contributed by atoms with E-state index in [1.165, 1.54) is 23.9 Å². The lowest BCUT2D eigenvalue weighted by Gasteiger charge is -2.43. The van der Waals surface area contributed by atoms with E-state index < -0.39 is 17.3 Å². The van der Waals surface area contributed by atoms with Gasteiger partial charge in [0.15, 0.2) is 0 Å². The van der Waals surface area contributed by atoms with E-state index in [-0.39, 0.29) is 29.9 Å². The topological polar surface area (TPSA) is 54.5 Å². The van der Waals surface area contributed by atoms with Crippen LogP contribution >= 0.6 is 0 Å². The Morgan fingerprint density at radius 1 is 1.18 bits per heavy atom. The molecule has 0 aliphatic carbocycles. The van der Waals surface area contributed by atoms with Crippen LogP contribution in [0.25, 0.3) is 0 Å². The lowest BCUT2D eigenvalue weighted by atomic mass is 9.87. The molecular formula is C25H29F4N3O2. The lowest BCUT2D eigenvalue weighted by Crippen LogP contribution is -2.54. The van der Waals surface area contributed by atoms with Crippen molar-refractivity contribution in [2.24, 2.45) is 0 Å². The van der Waals surface area contributed by atoms with Gasteiger partial charge in [-0.15, -0.1) is 0 Å². The Bertz CT molecular complexity index is 980. The Labute approximate surface area is 196 Å². The summed E-state index contributed by atoms with van der Waals surface area (Å²) in [5, 5.41) is 2.70. The second-order valence-corrected chi connectivity index (χ2v) is 9.36. The van der Waals surface area contributed by atoms with E-state index in [1.54, 1.807) is 6.92 Å². The molecule has 2 aliphatic rings. The van der Waals surface area contributed by atoms with E-state index in [2.05, 4.69) is 15.2 Å². The van der Waals surface area contributed by atoms with Crippen LogP contribution in [-0.4, -0.2) is 47.1 Å². The number of halogens is 4. The van der Waals surface area contributed by atoms with Crippen molar-refractivity contribution in [2.75, 3.05) is 19.7 Å². The van der Waals surface area contributed by atoms with Crippen molar-refractivity contribution in [3.05, 3.63) is 65.2 Å². The number of carbonyl (C=O) groups is 1. The summed E-state index contributed by atoms with van der Waals surface area (Å²) < 4.78 is 57.8. The first-order valence-electron chi connectivity index (χ1n) is 11.6. The second-order valence-electron chi connectivity index (χ2n) is 9.36. The number of hydrogen-bond acceptors (Lipinski definition) is 4. The van der Waals surface area contributed by atoms with Gasteiger partial charge in [-0.3, -0.25) is 14.7 Å². The van der Waals surface area contributed by atoms with Crippen molar-refractivity contribution in [3.8, 4) is 0 Å². The molecule has 3 heterocycles. The first-order chi connectivity index (χ1) is 16.1. The number of nitrogens with one attached hydrogen (secondary N) is 1. The predicted molar refractivity (Wildman–Crippen MR) is 118 cm³/mol. The molecular weight excluding hydrogens is 450 g/mol. The zero-order valence-electron chi connectivity index (χ0n) is 19.1. The van der Waals surface area contributed by atoms with Gasteiger partial charge >= 0.3 is 6.18 Å². The van der Waals surface area contributed by atoms with Crippen LogP contribution in [0.3, 0.4) is 0 Å². The van der Waals surface area contributed by atoms with Crippen molar-refractivity contribution in [1.29, 1.82) is 0 Å². The molecule has 0 bridgehead atoms. The van der Waals surface area contributed by atoms with Gasteiger partial charge in [0, 0.05) is 25.0 Å². The number of ether oxygens (including phenoxy) is 1. The lowest BCUT2D eigenvalue weighted by molar-refractivity contribution is -0.157. The molecule has 1 N–H and O–H groups in total. The Hall–Kier alpha value is -2.52. The van der Waals surface area contributed by atoms with Crippen LogP contribution < -0.4 is 5.32 Å². The Balaban J connectivity index is 1.25. The fourth-order valence-corrected chi connectivity index (χ4v) is 4.79. The molecule has 2 aliphatic heterocycles. The number of benzene rings is 1. The molecule has 0 unspecified atom stereocenters. The minimum atomic E-state index is -4.48. The third kappa shape index (κ3) is 5.75. The number of nitrogens with zero attached hydrogens (tertiary/aromatic N) is 2. The molecule has 0 radical (unpaired) electrons. The average Bonchev–Trinajstić information content (AvgIpc) is 2.83. The molecule has 0 saturated carbocycles. The average molecular weight is 480 g/mol. The maximum Gasteiger partial charge on any atom is 0.417 e. The van der Waals surface area contributed by atoms with Crippen molar-refractivity contribution in [2.45, 2.75) is 62.9 Å². The van der Waals surface area contributed by atoms with Crippen molar-refractivity contribution < 1.29 is 27.1 Å². The fourth-order valence-electron chi connectivity index (χ4n) is 4.79. The summed E-state index contributed by atoms with van der Waals surface area (Å²) in [4.78, 5) is 18.8. The highest BCUT2D eigenvalue weighted by molar-refractivity contribution is 5.84.